The zero-order valence-electron chi connectivity index (χ0n) is 10.6. The number of hydrogen-bond acceptors (Lipinski definition) is 5. The van der Waals surface area contributed by atoms with Crippen molar-refractivity contribution >= 4 is 27.7 Å². The number of amides is 1. The molecule has 0 aromatic carbocycles. The van der Waals surface area contributed by atoms with Gasteiger partial charge in [0.2, 0.25) is 0 Å². The number of carboxylic acids is 1. The lowest BCUT2D eigenvalue weighted by molar-refractivity contribution is -0.140. The van der Waals surface area contributed by atoms with Crippen LogP contribution in [0.2, 0.25) is 0 Å². The summed E-state index contributed by atoms with van der Waals surface area (Å²) in [6.07, 6.45) is 4.60. The smallest absolute Gasteiger partial charge is 0.325 e. The van der Waals surface area contributed by atoms with Crippen LogP contribution in [-0.4, -0.2) is 54.5 Å². The summed E-state index contributed by atoms with van der Waals surface area (Å²) >= 11 is 0. The molecule has 9 heteroatoms. The lowest BCUT2D eigenvalue weighted by atomic mass is 10.1. The van der Waals surface area contributed by atoms with Gasteiger partial charge in [-0.05, 0) is 19.1 Å². The third kappa shape index (κ3) is 2.87. The van der Waals surface area contributed by atoms with Crippen molar-refractivity contribution in [1.82, 2.24) is 10.2 Å². The van der Waals surface area contributed by atoms with Gasteiger partial charge in [0.15, 0.2) is 5.84 Å². The molecule has 0 aliphatic carbocycles. The number of allylic oxidation sites excluding steroid dienone is 2. The molecule has 0 fully saturated rings. The average Bonchev–Trinajstić information content (AvgIpc) is 2.36. The molecule has 0 aromatic heterocycles. The third-order valence-electron chi connectivity index (χ3n) is 2.82. The van der Waals surface area contributed by atoms with E-state index in [4.69, 9.17) is 5.11 Å². The second kappa shape index (κ2) is 5.08. The Morgan fingerprint density at radius 2 is 2.20 bits per heavy atom. The van der Waals surface area contributed by atoms with Gasteiger partial charge in [-0.3, -0.25) is 9.59 Å². The van der Waals surface area contributed by atoms with Crippen LogP contribution in [0.5, 0.6) is 0 Å². The normalized spacial score (nSPS) is 21.4. The van der Waals surface area contributed by atoms with Crippen molar-refractivity contribution in [1.29, 1.82) is 0 Å². The molecule has 0 radical (unpaired) electrons. The van der Waals surface area contributed by atoms with Crippen molar-refractivity contribution in [2.45, 2.75) is 13.0 Å². The van der Waals surface area contributed by atoms with Crippen LogP contribution in [0.4, 0.5) is 0 Å². The van der Waals surface area contributed by atoms with Gasteiger partial charge in [0, 0.05) is 12.7 Å². The third-order valence-corrected chi connectivity index (χ3v) is 3.97. The summed E-state index contributed by atoms with van der Waals surface area (Å²) < 4.78 is 26.6. The number of carboxylic acid groups (broad SMARTS) is 1. The highest BCUT2D eigenvalue weighted by atomic mass is 32.2. The van der Waals surface area contributed by atoms with Crippen molar-refractivity contribution in [3.05, 3.63) is 23.9 Å². The number of hydrogen-bond donors (Lipinski definition) is 2. The number of amidine groups is 1. The summed E-state index contributed by atoms with van der Waals surface area (Å²) in [7, 11) is -3.59. The molecule has 0 aromatic rings. The minimum Gasteiger partial charge on any atom is -0.480 e. The van der Waals surface area contributed by atoms with Gasteiger partial charge in [-0.25, -0.2) is 8.42 Å². The molecule has 2 N–H and O–H groups in total. The molecule has 2 heterocycles. The van der Waals surface area contributed by atoms with E-state index in [9.17, 15) is 18.0 Å². The highest BCUT2D eigenvalue weighted by Gasteiger charge is 2.30. The van der Waals surface area contributed by atoms with Gasteiger partial charge < -0.3 is 15.3 Å². The summed E-state index contributed by atoms with van der Waals surface area (Å²) in [6.45, 7) is 1.52. The number of fused-ring (bicyclic) bond motifs is 1. The van der Waals surface area contributed by atoms with Crippen molar-refractivity contribution in [2.24, 2.45) is 4.40 Å². The van der Waals surface area contributed by atoms with E-state index in [2.05, 4.69) is 9.71 Å². The fraction of sp³-hybridized carbons (Fsp3) is 0.364. The van der Waals surface area contributed by atoms with Crippen LogP contribution in [0.25, 0.3) is 0 Å². The first-order chi connectivity index (χ1) is 9.30. The van der Waals surface area contributed by atoms with Gasteiger partial charge >= 0.3 is 5.97 Å². The molecule has 108 valence electrons. The van der Waals surface area contributed by atoms with E-state index in [0.717, 1.165) is 0 Å². The van der Waals surface area contributed by atoms with Crippen LogP contribution in [0.1, 0.15) is 6.92 Å². The average molecular weight is 299 g/mol. The standard InChI is InChI=1S/C11H13N3O5S/c1-7(11(16)17)12-10(15)8-3-2-4-14-5-6-20(18,19)13-9(8)14/h2-4,7H,5-6H2,1H3,(H,12,15)(H,16,17)/t7-/m0/s1. The number of nitrogens with zero attached hydrogens (tertiary/aromatic N) is 2. The van der Waals surface area contributed by atoms with Crippen LogP contribution >= 0.6 is 0 Å². The highest BCUT2D eigenvalue weighted by Crippen LogP contribution is 2.17. The van der Waals surface area contributed by atoms with Crippen molar-refractivity contribution in [2.75, 3.05) is 12.3 Å². The fourth-order valence-electron chi connectivity index (χ4n) is 1.73. The Morgan fingerprint density at radius 1 is 1.50 bits per heavy atom. The summed E-state index contributed by atoms with van der Waals surface area (Å²) in [4.78, 5) is 24.3. The predicted molar refractivity (Wildman–Crippen MR) is 70.4 cm³/mol. The Balaban J connectivity index is 2.29. The second-order valence-electron chi connectivity index (χ2n) is 4.35. The van der Waals surface area contributed by atoms with Gasteiger partial charge in [-0.1, -0.05) is 0 Å². The Bertz CT molecular complexity index is 647. The molecule has 0 saturated carbocycles. The Kier molecular flexibility index (Phi) is 3.62. The summed E-state index contributed by atoms with van der Waals surface area (Å²) in [5.74, 6) is -1.96. The molecule has 1 amide bonds. The van der Waals surface area contributed by atoms with Gasteiger partial charge in [0.1, 0.15) is 6.04 Å². The Labute approximate surface area is 115 Å². The number of sulfonamides is 1. The second-order valence-corrected chi connectivity index (χ2v) is 6.10. The molecule has 2 aliphatic rings. The van der Waals surface area contributed by atoms with Crippen molar-refractivity contribution < 1.29 is 23.1 Å². The fourth-order valence-corrected chi connectivity index (χ4v) is 2.71. The van der Waals surface area contributed by atoms with Gasteiger partial charge in [0.05, 0.1) is 11.3 Å². The van der Waals surface area contributed by atoms with Crippen LogP contribution in [0.15, 0.2) is 28.3 Å². The monoisotopic (exact) mass is 299 g/mol. The SMILES string of the molecule is C[C@H](NC(=O)C1=CC=CN2CCS(=O)(=O)N=C12)C(=O)O. The molecule has 1 atom stereocenters. The first-order valence-electron chi connectivity index (χ1n) is 5.82. The number of nitrogens with one attached hydrogen (secondary N) is 1. The van der Waals surface area contributed by atoms with Crippen LogP contribution in [-0.2, 0) is 19.6 Å². The van der Waals surface area contributed by atoms with Gasteiger partial charge in [-0.15, -0.1) is 4.40 Å². The predicted octanol–water partition coefficient (Wildman–Crippen LogP) is -0.927. The zero-order valence-corrected chi connectivity index (χ0v) is 11.4. The van der Waals surface area contributed by atoms with E-state index >= 15 is 0 Å². The molecule has 0 saturated heterocycles. The summed E-state index contributed by atoms with van der Waals surface area (Å²) in [5.41, 5.74) is 0.0314. The minimum absolute atomic E-state index is 0.0221. The molecular weight excluding hydrogens is 286 g/mol. The molecule has 2 rings (SSSR count). The first-order valence-corrected chi connectivity index (χ1v) is 7.43. The largest absolute Gasteiger partial charge is 0.480 e. The van der Waals surface area contributed by atoms with Gasteiger partial charge in [0.25, 0.3) is 15.9 Å². The molecule has 20 heavy (non-hydrogen) atoms. The van der Waals surface area contributed by atoms with E-state index in [1.54, 1.807) is 17.2 Å². The maximum atomic E-state index is 12.0. The quantitative estimate of drug-likeness (QED) is 0.695. The lowest BCUT2D eigenvalue weighted by Crippen LogP contribution is -2.45. The molecule has 2 aliphatic heterocycles. The van der Waals surface area contributed by atoms with Crippen LogP contribution in [0.3, 0.4) is 0 Å². The lowest BCUT2D eigenvalue weighted by Gasteiger charge is -2.28. The number of carbonyl (C=O) groups is 2. The summed E-state index contributed by atoms with van der Waals surface area (Å²) in [5, 5.41) is 11.0. The van der Waals surface area contributed by atoms with E-state index < -0.39 is 27.9 Å². The topological polar surface area (TPSA) is 116 Å². The Morgan fingerprint density at radius 3 is 2.85 bits per heavy atom. The van der Waals surface area contributed by atoms with Crippen molar-refractivity contribution in [3.63, 3.8) is 0 Å². The molecule has 0 unspecified atom stereocenters. The molecule has 8 nitrogen and oxygen atoms in total. The van der Waals surface area contributed by atoms with Crippen molar-refractivity contribution in [3.8, 4) is 0 Å². The van der Waals surface area contributed by atoms with E-state index in [0.29, 0.717) is 0 Å². The molecular formula is C11H13N3O5S. The van der Waals surface area contributed by atoms with E-state index in [1.807, 2.05) is 0 Å². The maximum Gasteiger partial charge on any atom is 0.325 e. The van der Waals surface area contributed by atoms with Gasteiger partial charge in [-0.2, -0.15) is 0 Å². The summed E-state index contributed by atoms with van der Waals surface area (Å²) in [6, 6.07) is -1.08. The number of aliphatic carboxylic acids is 1. The van der Waals surface area contributed by atoms with E-state index in [-0.39, 0.29) is 23.7 Å². The maximum absolute atomic E-state index is 12.0. The highest BCUT2D eigenvalue weighted by molar-refractivity contribution is 7.90. The molecule has 0 spiro atoms. The number of rotatable bonds is 3. The zero-order chi connectivity index (χ0) is 14.9. The minimum atomic E-state index is -3.59. The van der Waals surface area contributed by atoms with E-state index in [1.165, 1.54) is 13.0 Å². The number of carbonyl (C=O) groups excluding carboxylic acids is 1. The molecule has 0 bridgehead atoms. The Hall–Kier alpha value is -2.16. The first kappa shape index (κ1) is 14.3. The van der Waals surface area contributed by atoms with Crippen LogP contribution in [0, 0.1) is 0 Å². The van der Waals surface area contributed by atoms with Crippen LogP contribution < -0.4 is 5.32 Å².